The molecule has 1 saturated heterocycles. The summed E-state index contributed by atoms with van der Waals surface area (Å²) in [5.74, 6) is 0.435. The SMILES string of the molecule is O=C(c1ccc2nc[nH]c2c1)N1CCC(Cn2nc3c(cc2=O)CCCC3)CC1. The summed E-state index contributed by atoms with van der Waals surface area (Å²) in [5, 5.41) is 4.65. The number of imidazole rings is 1. The summed E-state index contributed by atoms with van der Waals surface area (Å²) in [5.41, 5.74) is 4.67. The van der Waals surface area contributed by atoms with E-state index in [2.05, 4.69) is 15.1 Å². The van der Waals surface area contributed by atoms with E-state index in [0.29, 0.717) is 31.1 Å². The molecule has 0 bridgehead atoms. The van der Waals surface area contributed by atoms with Crippen LogP contribution in [0.15, 0.2) is 35.4 Å². The van der Waals surface area contributed by atoms with Crippen molar-refractivity contribution < 1.29 is 4.79 Å². The molecular weight excluding hydrogens is 366 g/mol. The number of aryl methyl sites for hydroxylation is 2. The number of amides is 1. The van der Waals surface area contributed by atoms with E-state index in [1.165, 1.54) is 0 Å². The van der Waals surface area contributed by atoms with Gasteiger partial charge in [-0.05, 0) is 68.2 Å². The monoisotopic (exact) mass is 391 g/mol. The molecule has 29 heavy (non-hydrogen) atoms. The highest BCUT2D eigenvalue weighted by molar-refractivity contribution is 5.97. The highest BCUT2D eigenvalue weighted by Crippen LogP contribution is 2.22. The first-order valence-electron chi connectivity index (χ1n) is 10.5. The predicted octanol–water partition coefficient (Wildman–Crippen LogP) is 2.55. The third kappa shape index (κ3) is 3.57. The summed E-state index contributed by atoms with van der Waals surface area (Å²) in [6.45, 7) is 2.07. The van der Waals surface area contributed by atoms with Crippen molar-refractivity contribution in [2.45, 2.75) is 45.1 Å². The zero-order valence-electron chi connectivity index (χ0n) is 16.4. The lowest BCUT2D eigenvalue weighted by Gasteiger charge is -2.32. The summed E-state index contributed by atoms with van der Waals surface area (Å²) in [4.78, 5) is 34.5. The molecule has 1 aliphatic heterocycles. The van der Waals surface area contributed by atoms with Crippen molar-refractivity contribution in [2.75, 3.05) is 13.1 Å². The number of benzene rings is 1. The van der Waals surface area contributed by atoms with E-state index in [9.17, 15) is 9.59 Å². The van der Waals surface area contributed by atoms with Crippen molar-refractivity contribution in [3.8, 4) is 0 Å². The summed E-state index contributed by atoms with van der Waals surface area (Å²) >= 11 is 0. The maximum absolute atomic E-state index is 12.9. The molecule has 1 N–H and O–H groups in total. The molecule has 2 aliphatic rings. The van der Waals surface area contributed by atoms with Gasteiger partial charge in [0.1, 0.15) is 0 Å². The molecule has 3 aromatic rings. The van der Waals surface area contributed by atoms with Gasteiger partial charge in [-0.3, -0.25) is 9.59 Å². The zero-order valence-corrected chi connectivity index (χ0v) is 16.4. The second kappa shape index (κ2) is 7.46. The van der Waals surface area contributed by atoms with Crippen molar-refractivity contribution in [3.05, 3.63) is 57.8 Å². The number of hydrogen-bond acceptors (Lipinski definition) is 4. The first-order chi connectivity index (χ1) is 14.2. The number of aromatic amines is 1. The van der Waals surface area contributed by atoms with Crippen LogP contribution in [0.25, 0.3) is 11.0 Å². The Hall–Kier alpha value is -2.96. The number of likely N-dealkylation sites (tertiary alicyclic amines) is 1. The van der Waals surface area contributed by atoms with E-state index < -0.39 is 0 Å². The van der Waals surface area contributed by atoms with Crippen molar-refractivity contribution >= 4 is 16.9 Å². The number of aromatic nitrogens is 4. The minimum Gasteiger partial charge on any atom is -0.345 e. The molecule has 1 fully saturated rings. The van der Waals surface area contributed by atoms with Gasteiger partial charge in [-0.1, -0.05) is 0 Å². The molecule has 0 radical (unpaired) electrons. The molecular formula is C22H25N5O2. The van der Waals surface area contributed by atoms with Gasteiger partial charge in [-0.15, -0.1) is 0 Å². The first-order valence-corrected chi connectivity index (χ1v) is 10.5. The first kappa shape index (κ1) is 18.1. The van der Waals surface area contributed by atoms with Crippen molar-refractivity contribution in [1.82, 2.24) is 24.6 Å². The van der Waals surface area contributed by atoms with Gasteiger partial charge < -0.3 is 9.88 Å². The number of piperidine rings is 1. The summed E-state index contributed by atoms with van der Waals surface area (Å²) < 4.78 is 1.65. The zero-order chi connectivity index (χ0) is 19.8. The Bertz CT molecular complexity index is 1110. The summed E-state index contributed by atoms with van der Waals surface area (Å²) in [6, 6.07) is 7.37. The van der Waals surface area contributed by atoms with Crippen LogP contribution >= 0.6 is 0 Å². The fraction of sp³-hybridized carbons (Fsp3) is 0.455. The minimum absolute atomic E-state index is 0.0111. The lowest BCUT2D eigenvalue weighted by Crippen LogP contribution is -2.40. The van der Waals surface area contributed by atoms with Crippen LogP contribution in [0.4, 0.5) is 0 Å². The Balaban J connectivity index is 1.23. The molecule has 2 aromatic heterocycles. The summed E-state index contributed by atoms with van der Waals surface area (Å²) in [6.07, 6.45) is 7.68. The summed E-state index contributed by atoms with van der Waals surface area (Å²) in [7, 11) is 0. The number of carbonyl (C=O) groups is 1. The molecule has 0 unspecified atom stereocenters. The van der Waals surface area contributed by atoms with Gasteiger partial charge in [0.25, 0.3) is 11.5 Å². The molecule has 0 atom stereocenters. The van der Waals surface area contributed by atoms with Gasteiger partial charge in [0.2, 0.25) is 0 Å². The maximum atomic E-state index is 12.9. The standard InChI is InChI=1S/C22H25N5O2/c28-21-12-16-3-1-2-4-18(16)25-27(21)13-15-7-9-26(10-8-15)22(29)17-5-6-19-20(11-17)24-14-23-19/h5-6,11-12,14-15H,1-4,7-10,13H2,(H,23,24). The normalized spacial score (nSPS) is 17.4. The highest BCUT2D eigenvalue weighted by Gasteiger charge is 2.25. The lowest BCUT2D eigenvalue weighted by atomic mass is 9.95. The third-order valence-electron chi connectivity index (χ3n) is 6.27. The number of hydrogen-bond donors (Lipinski definition) is 1. The Morgan fingerprint density at radius 1 is 1.14 bits per heavy atom. The van der Waals surface area contributed by atoms with E-state index in [1.807, 2.05) is 23.1 Å². The van der Waals surface area contributed by atoms with E-state index in [1.54, 1.807) is 17.1 Å². The highest BCUT2D eigenvalue weighted by atomic mass is 16.2. The van der Waals surface area contributed by atoms with Gasteiger partial charge in [0, 0.05) is 31.3 Å². The molecule has 0 saturated carbocycles. The van der Waals surface area contributed by atoms with Crippen LogP contribution in [0.5, 0.6) is 0 Å². The lowest BCUT2D eigenvalue weighted by molar-refractivity contribution is 0.0680. The van der Waals surface area contributed by atoms with Crippen molar-refractivity contribution in [3.63, 3.8) is 0 Å². The van der Waals surface area contributed by atoms with Crippen LogP contribution in [0.3, 0.4) is 0 Å². The van der Waals surface area contributed by atoms with E-state index in [0.717, 1.165) is 60.8 Å². The Morgan fingerprint density at radius 3 is 2.83 bits per heavy atom. The van der Waals surface area contributed by atoms with Crippen molar-refractivity contribution in [1.29, 1.82) is 0 Å². The molecule has 5 rings (SSSR count). The van der Waals surface area contributed by atoms with Gasteiger partial charge >= 0.3 is 0 Å². The topological polar surface area (TPSA) is 83.9 Å². The number of nitrogens with zero attached hydrogens (tertiary/aromatic N) is 4. The smallest absolute Gasteiger partial charge is 0.267 e. The fourth-order valence-corrected chi connectivity index (χ4v) is 4.55. The second-order valence-electron chi connectivity index (χ2n) is 8.21. The number of H-pyrrole nitrogens is 1. The maximum Gasteiger partial charge on any atom is 0.267 e. The third-order valence-corrected chi connectivity index (χ3v) is 6.27. The molecule has 1 aromatic carbocycles. The Kier molecular flexibility index (Phi) is 4.66. The van der Waals surface area contributed by atoms with Crippen LogP contribution in [-0.2, 0) is 19.4 Å². The number of carbonyl (C=O) groups excluding carboxylic acids is 1. The van der Waals surface area contributed by atoms with Gasteiger partial charge in [0.15, 0.2) is 0 Å². The quantitative estimate of drug-likeness (QED) is 0.744. The molecule has 1 aliphatic carbocycles. The van der Waals surface area contributed by atoms with E-state index in [-0.39, 0.29) is 11.5 Å². The molecule has 7 heteroatoms. The van der Waals surface area contributed by atoms with Gasteiger partial charge in [0.05, 0.1) is 23.1 Å². The van der Waals surface area contributed by atoms with Crippen molar-refractivity contribution in [2.24, 2.45) is 5.92 Å². The number of rotatable bonds is 3. The van der Waals surface area contributed by atoms with E-state index in [4.69, 9.17) is 0 Å². The van der Waals surface area contributed by atoms with Gasteiger partial charge in [-0.25, -0.2) is 9.67 Å². The average molecular weight is 391 g/mol. The number of nitrogens with one attached hydrogen (secondary N) is 1. The average Bonchev–Trinajstić information content (AvgIpc) is 3.22. The molecule has 1 amide bonds. The molecule has 7 nitrogen and oxygen atoms in total. The van der Waals surface area contributed by atoms with Crippen LogP contribution in [0, 0.1) is 5.92 Å². The Morgan fingerprint density at radius 2 is 1.97 bits per heavy atom. The van der Waals surface area contributed by atoms with E-state index >= 15 is 0 Å². The predicted molar refractivity (Wildman–Crippen MR) is 110 cm³/mol. The van der Waals surface area contributed by atoms with Crippen LogP contribution < -0.4 is 5.56 Å². The molecule has 3 heterocycles. The minimum atomic E-state index is 0.0111. The molecule has 150 valence electrons. The van der Waals surface area contributed by atoms with Crippen LogP contribution in [0.2, 0.25) is 0 Å². The second-order valence-corrected chi connectivity index (χ2v) is 8.21. The Labute approximate surface area is 168 Å². The van der Waals surface area contributed by atoms with Crippen LogP contribution in [0.1, 0.15) is 47.3 Å². The molecule has 0 spiro atoms. The number of fused-ring (bicyclic) bond motifs is 2. The van der Waals surface area contributed by atoms with Crippen LogP contribution in [-0.4, -0.2) is 43.6 Å². The largest absolute Gasteiger partial charge is 0.345 e. The fourth-order valence-electron chi connectivity index (χ4n) is 4.55. The van der Waals surface area contributed by atoms with Gasteiger partial charge in [-0.2, -0.15) is 5.10 Å².